The third kappa shape index (κ3) is 2.89. The zero-order valence-corrected chi connectivity index (χ0v) is 12.2. The number of methoxy groups -OCH3 is 1. The van der Waals surface area contributed by atoms with Crippen molar-refractivity contribution in [2.24, 2.45) is 5.92 Å². The maximum absolute atomic E-state index is 12.0. The van der Waals surface area contributed by atoms with Gasteiger partial charge in [-0.3, -0.25) is 9.59 Å². The van der Waals surface area contributed by atoms with E-state index in [2.05, 4.69) is 4.74 Å². The number of nitriles is 1. The lowest BCUT2D eigenvalue weighted by Gasteiger charge is -2.18. The molecule has 0 N–H and O–H groups in total. The van der Waals surface area contributed by atoms with Gasteiger partial charge in [0.05, 0.1) is 23.7 Å². The van der Waals surface area contributed by atoms with Gasteiger partial charge >= 0.3 is 5.97 Å². The minimum absolute atomic E-state index is 0.123. The van der Waals surface area contributed by atoms with Crippen molar-refractivity contribution in [2.75, 3.05) is 18.6 Å². The topological polar surface area (TPSA) is 70.4 Å². The Kier molecular flexibility index (Phi) is 4.53. The Morgan fingerprint density at radius 1 is 1.60 bits per heavy atom. The third-order valence-electron chi connectivity index (χ3n) is 3.03. The van der Waals surface area contributed by atoms with E-state index in [1.807, 2.05) is 5.40 Å². The number of hydrogen-bond donors (Lipinski definition) is 0. The van der Waals surface area contributed by atoms with Gasteiger partial charge in [0.15, 0.2) is 0 Å². The van der Waals surface area contributed by atoms with Crippen LogP contribution in [0.3, 0.4) is 0 Å². The largest absolute Gasteiger partial charge is 0.469 e. The van der Waals surface area contributed by atoms with Gasteiger partial charge in [-0.15, -0.1) is 0 Å². The summed E-state index contributed by atoms with van der Waals surface area (Å²) in [6.45, 7) is 0.260. The second-order valence-electron chi connectivity index (χ2n) is 4.24. The minimum Gasteiger partial charge on any atom is -0.469 e. The van der Waals surface area contributed by atoms with E-state index >= 15 is 0 Å². The lowest BCUT2D eigenvalue weighted by molar-refractivity contribution is -0.145. The van der Waals surface area contributed by atoms with Crippen LogP contribution in [-0.2, 0) is 14.3 Å². The monoisotopic (exact) mass is 310 g/mol. The average molecular weight is 311 g/mol. The molecule has 0 aliphatic carbocycles. The van der Waals surface area contributed by atoms with Gasteiger partial charge < -0.3 is 9.64 Å². The van der Waals surface area contributed by atoms with Gasteiger partial charge in [-0.25, -0.2) is 0 Å². The number of halogens is 1. The van der Waals surface area contributed by atoms with Gasteiger partial charge in [-0.1, -0.05) is 11.6 Å². The average Bonchev–Trinajstić information content (AvgIpc) is 2.80. The standard InChI is InChI=1S/C13H11ClN2O3S/c1-19-13(18)8-4-12(17)16(6-8)11-3-2-9(20-7-15)5-10(11)14/h2-3,5,8H,4,6H2,1H3. The molecule has 0 radical (unpaired) electrons. The SMILES string of the molecule is COC(=O)C1CC(=O)N(c2ccc(SC#N)cc2Cl)C1. The van der Waals surface area contributed by atoms with E-state index in [0.29, 0.717) is 15.6 Å². The Balaban J connectivity index is 2.22. The number of benzene rings is 1. The molecule has 1 aromatic rings. The number of rotatable bonds is 3. The van der Waals surface area contributed by atoms with Crippen molar-refractivity contribution in [3.05, 3.63) is 23.2 Å². The number of hydrogen-bond acceptors (Lipinski definition) is 5. The van der Waals surface area contributed by atoms with E-state index in [9.17, 15) is 9.59 Å². The molecule has 1 unspecified atom stereocenters. The predicted octanol–water partition coefficient (Wildman–Crippen LogP) is 2.44. The molecule has 1 amide bonds. The highest BCUT2D eigenvalue weighted by molar-refractivity contribution is 8.03. The highest BCUT2D eigenvalue weighted by atomic mass is 35.5. The van der Waals surface area contributed by atoms with E-state index in [0.717, 1.165) is 11.8 Å². The molecular formula is C13H11ClN2O3S. The van der Waals surface area contributed by atoms with Gasteiger partial charge in [-0.2, -0.15) is 5.26 Å². The van der Waals surface area contributed by atoms with E-state index in [4.69, 9.17) is 16.9 Å². The minimum atomic E-state index is -0.461. The van der Waals surface area contributed by atoms with Crippen LogP contribution in [0.15, 0.2) is 23.1 Å². The van der Waals surface area contributed by atoms with Crippen LogP contribution in [0.4, 0.5) is 5.69 Å². The number of ether oxygens (including phenoxy) is 1. The fraction of sp³-hybridized carbons (Fsp3) is 0.308. The first-order chi connectivity index (χ1) is 9.56. The van der Waals surface area contributed by atoms with Gasteiger partial charge in [0.25, 0.3) is 0 Å². The lowest BCUT2D eigenvalue weighted by atomic mass is 10.1. The molecule has 1 aromatic carbocycles. The van der Waals surface area contributed by atoms with Crippen LogP contribution < -0.4 is 4.90 Å². The highest BCUT2D eigenvalue weighted by Gasteiger charge is 2.36. The Bertz CT molecular complexity index is 600. The molecule has 104 valence electrons. The second kappa shape index (κ2) is 6.16. The van der Waals surface area contributed by atoms with Crippen LogP contribution in [0.5, 0.6) is 0 Å². The van der Waals surface area contributed by atoms with Crippen molar-refractivity contribution in [3.8, 4) is 5.40 Å². The summed E-state index contributed by atoms with van der Waals surface area (Å²) >= 11 is 7.13. The smallest absolute Gasteiger partial charge is 0.311 e. The summed E-state index contributed by atoms with van der Waals surface area (Å²) < 4.78 is 4.66. The van der Waals surface area contributed by atoms with Crippen LogP contribution in [0.2, 0.25) is 5.02 Å². The molecular weight excluding hydrogens is 300 g/mol. The van der Waals surface area contributed by atoms with E-state index in [-0.39, 0.29) is 18.9 Å². The molecule has 0 saturated carbocycles. The predicted molar refractivity (Wildman–Crippen MR) is 75.4 cm³/mol. The summed E-state index contributed by atoms with van der Waals surface area (Å²) in [6, 6.07) is 5.02. The number of carbonyl (C=O) groups is 2. The molecule has 0 spiro atoms. The van der Waals surface area contributed by atoms with Crippen LogP contribution in [-0.4, -0.2) is 25.5 Å². The Morgan fingerprint density at radius 2 is 2.35 bits per heavy atom. The molecule has 1 heterocycles. The van der Waals surface area contributed by atoms with Crippen molar-refractivity contribution in [2.45, 2.75) is 11.3 Å². The van der Waals surface area contributed by atoms with Crippen LogP contribution in [0.25, 0.3) is 0 Å². The van der Waals surface area contributed by atoms with Gasteiger partial charge in [0, 0.05) is 17.9 Å². The number of nitrogens with zero attached hydrogens (tertiary/aromatic N) is 2. The first kappa shape index (κ1) is 14.7. The van der Waals surface area contributed by atoms with Crippen molar-refractivity contribution < 1.29 is 14.3 Å². The number of carbonyl (C=O) groups excluding carboxylic acids is 2. The second-order valence-corrected chi connectivity index (χ2v) is 5.50. The molecule has 20 heavy (non-hydrogen) atoms. The highest BCUT2D eigenvalue weighted by Crippen LogP contribution is 2.34. The van der Waals surface area contributed by atoms with Crippen molar-refractivity contribution in [1.29, 1.82) is 5.26 Å². The molecule has 0 aromatic heterocycles. The Morgan fingerprint density at radius 3 is 2.95 bits per heavy atom. The molecule has 1 fully saturated rings. The molecule has 1 atom stereocenters. The van der Waals surface area contributed by atoms with Crippen LogP contribution >= 0.6 is 23.4 Å². The Labute approximate surface area is 125 Å². The van der Waals surface area contributed by atoms with E-state index in [1.54, 1.807) is 18.2 Å². The lowest BCUT2D eigenvalue weighted by Crippen LogP contribution is -2.26. The maximum Gasteiger partial charge on any atom is 0.311 e. The van der Waals surface area contributed by atoms with Gasteiger partial charge in [-0.05, 0) is 30.0 Å². The van der Waals surface area contributed by atoms with Crippen LogP contribution in [0, 0.1) is 16.6 Å². The summed E-state index contributed by atoms with van der Waals surface area (Å²) in [5, 5.41) is 10.9. The maximum atomic E-state index is 12.0. The number of esters is 1. The van der Waals surface area contributed by atoms with Crippen molar-refractivity contribution in [1.82, 2.24) is 0 Å². The number of thioether (sulfide) groups is 1. The molecule has 2 rings (SSSR count). The molecule has 1 aliphatic rings. The zero-order valence-electron chi connectivity index (χ0n) is 10.6. The number of thiocyanates is 1. The third-order valence-corrected chi connectivity index (χ3v) is 3.92. The summed E-state index contributed by atoms with van der Waals surface area (Å²) in [5.74, 6) is -1.02. The Hall–Kier alpha value is -1.71. The summed E-state index contributed by atoms with van der Waals surface area (Å²) in [5.41, 5.74) is 0.547. The van der Waals surface area contributed by atoms with Gasteiger partial charge in [0.1, 0.15) is 5.40 Å². The molecule has 0 bridgehead atoms. The number of amides is 1. The summed E-state index contributed by atoms with van der Waals surface area (Å²) in [7, 11) is 1.30. The first-order valence-corrected chi connectivity index (χ1v) is 7.00. The quantitative estimate of drug-likeness (QED) is 0.487. The normalized spacial score (nSPS) is 17.9. The van der Waals surface area contributed by atoms with Crippen molar-refractivity contribution >= 4 is 40.9 Å². The molecule has 7 heteroatoms. The zero-order chi connectivity index (χ0) is 14.7. The molecule has 1 aliphatic heterocycles. The molecule has 5 nitrogen and oxygen atoms in total. The van der Waals surface area contributed by atoms with Crippen LogP contribution in [0.1, 0.15) is 6.42 Å². The summed E-state index contributed by atoms with van der Waals surface area (Å²) in [4.78, 5) is 25.6. The van der Waals surface area contributed by atoms with E-state index < -0.39 is 11.9 Å². The molecule has 1 saturated heterocycles. The first-order valence-electron chi connectivity index (χ1n) is 5.80. The number of anilines is 1. The van der Waals surface area contributed by atoms with Crippen molar-refractivity contribution in [3.63, 3.8) is 0 Å². The van der Waals surface area contributed by atoms with Gasteiger partial charge in [0.2, 0.25) is 5.91 Å². The fourth-order valence-corrected chi connectivity index (χ4v) is 2.85. The summed E-state index contributed by atoms with van der Waals surface area (Å²) in [6.07, 6.45) is 0.123. The van der Waals surface area contributed by atoms with E-state index in [1.165, 1.54) is 12.0 Å². The fourth-order valence-electron chi connectivity index (χ4n) is 2.09.